The van der Waals surface area contributed by atoms with Crippen LogP contribution in [-0.4, -0.2) is 22.9 Å². The summed E-state index contributed by atoms with van der Waals surface area (Å²) in [5.74, 6) is -0.687. The number of carbonyl (C=O) groups excluding carboxylic acids is 1. The highest BCUT2D eigenvalue weighted by Crippen LogP contribution is 2.03. The van der Waals surface area contributed by atoms with Crippen LogP contribution in [0.15, 0.2) is 22.8 Å². The molecule has 0 fully saturated rings. The molecule has 0 aliphatic rings. The number of nitrogens with zero attached hydrogens (tertiary/aromatic N) is 1. The third-order valence-corrected chi connectivity index (χ3v) is 1.16. The SMILES string of the molecule is CCON(O)C(=O)c1ccco1. The average molecular weight is 171 g/mol. The number of carbonyl (C=O) groups is 1. The number of hydroxylamine groups is 2. The second-order valence-corrected chi connectivity index (χ2v) is 1.97. The topological polar surface area (TPSA) is 62.9 Å². The van der Waals surface area contributed by atoms with Gasteiger partial charge in [0.05, 0.1) is 12.9 Å². The molecule has 0 saturated heterocycles. The molecule has 1 N–H and O–H groups in total. The van der Waals surface area contributed by atoms with Crippen molar-refractivity contribution >= 4 is 5.91 Å². The summed E-state index contributed by atoms with van der Waals surface area (Å²) in [6, 6.07) is 2.98. The van der Waals surface area contributed by atoms with Crippen molar-refractivity contribution in [2.45, 2.75) is 6.92 Å². The Morgan fingerprint density at radius 1 is 1.83 bits per heavy atom. The number of rotatable bonds is 3. The van der Waals surface area contributed by atoms with Crippen molar-refractivity contribution in [1.82, 2.24) is 5.23 Å². The molecule has 0 radical (unpaired) electrons. The average Bonchev–Trinajstić information content (AvgIpc) is 2.55. The van der Waals surface area contributed by atoms with Gasteiger partial charge in [-0.1, -0.05) is 5.23 Å². The van der Waals surface area contributed by atoms with Crippen molar-refractivity contribution in [1.29, 1.82) is 0 Å². The first kappa shape index (κ1) is 8.76. The maximum Gasteiger partial charge on any atom is 0.338 e. The number of furan rings is 1. The molecule has 1 rings (SSSR count). The number of hydrogen-bond donors (Lipinski definition) is 1. The van der Waals surface area contributed by atoms with Crippen LogP contribution in [0.1, 0.15) is 17.5 Å². The van der Waals surface area contributed by atoms with Gasteiger partial charge in [0, 0.05) is 0 Å². The van der Waals surface area contributed by atoms with Gasteiger partial charge in [-0.2, -0.15) is 0 Å². The Balaban J connectivity index is 2.59. The molecule has 0 spiro atoms. The molecule has 0 atom stereocenters. The summed E-state index contributed by atoms with van der Waals surface area (Å²) in [6.45, 7) is 1.86. The van der Waals surface area contributed by atoms with E-state index in [1.54, 1.807) is 13.0 Å². The predicted octanol–water partition coefficient (Wildman–Crippen LogP) is 1.06. The smallest absolute Gasteiger partial charge is 0.338 e. The monoisotopic (exact) mass is 171 g/mol. The molecule has 1 heterocycles. The molecule has 0 aliphatic heterocycles. The molecule has 0 unspecified atom stereocenters. The molecule has 1 aromatic rings. The molecule has 0 aliphatic carbocycles. The summed E-state index contributed by atoms with van der Waals surface area (Å²) in [4.78, 5) is 15.6. The Labute approximate surface area is 69.1 Å². The number of hydrogen-bond acceptors (Lipinski definition) is 4. The molecule has 5 heteroatoms. The van der Waals surface area contributed by atoms with Gasteiger partial charge in [0.25, 0.3) is 0 Å². The van der Waals surface area contributed by atoms with E-state index in [9.17, 15) is 4.79 Å². The van der Waals surface area contributed by atoms with Crippen LogP contribution in [0.4, 0.5) is 0 Å². The molecule has 0 aromatic carbocycles. The summed E-state index contributed by atoms with van der Waals surface area (Å²) in [5, 5.41) is 9.04. The van der Waals surface area contributed by atoms with Crippen molar-refractivity contribution in [2.75, 3.05) is 6.61 Å². The van der Waals surface area contributed by atoms with E-state index in [-0.39, 0.29) is 17.6 Å². The molecule has 12 heavy (non-hydrogen) atoms. The van der Waals surface area contributed by atoms with E-state index in [1.165, 1.54) is 12.3 Å². The largest absolute Gasteiger partial charge is 0.459 e. The van der Waals surface area contributed by atoms with Crippen LogP contribution in [0, 0.1) is 0 Å². The minimum atomic E-state index is -0.721. The fraction of sp³-hybridized carbons (Fsp3) is 0.286. The normalized spacial score (nSPS) is 9.83. The van der Waals surface area contributed by atoms with E-state index >= 15 is 0 Å². The zero-order valence-electron chi connectivity index (χ0n) is 6.56. The highest BCUT2D eigenvalue weighted by atomic mass is 16.9. The van der Waals surface area contributed by atoms with Gasteiger partial charge in [0.15, 0.2) is 5.76 Å². The first-order valence-electron chi connectivity index (χ1n) is 3.45. The fourth-order valence-electron chi connectivity index (χ4n) is 0.675. The van der Waals surface area contributed by atoms with Crippen LogP contribution in [0.3, 0.4) is 0 Å². The maximum absolute atomic E-state index is 11.1. The van der Waals surface area contributed by atoms with E-state index in [0.717, 1.165) is 0 Å². The third kappa shape index (κ3) is 1.84. The Hall–Kier alpha value is -1.33. The van der Waals surface area contributed by atoms with Gasteiger partial charge in [-0.3, -0.25) is 10.0 Å². The van der Waals surface area contributed by atoms with E-state index in [1.807, 2.05) is 0 Å². The summed E-state index contributed by atoms with van der Waals surface area (Å²) in [6.07, 6.45) is 1.34. The third-order valence-electron chi connectivity index (χ3n) is 1.16. The summed E-state index contributed by atoms with van der Waals surface area (Å²) >= 11 is 0. The van der Waals surface area contributed by atoms with Gasteiger partial charge >= 0.3 is 5.91 Å². The Bertz CT molecular complexity index is 244. The molecular formula is C7H9NO4. The number of amides is 1. The van der Waals surface area contributed by atoms with E-state index in [4.69, 9.17) is 9.62 Å². The Morgan fingerprint density at radius 3 is 3.08 bits per heavy atom. The van der Waals surface area contributed by atoms with Crippen LogP contribution >= 0.6 is 0 Å². The Morgan fingerprint density at radius 2 is 2.58 bits per heavy atom. The van der Waals surface area contributed by atoms with Crippen molar-refractivity contribution in [2.24, 2.45) is 0 Å². The lowest BCUT2D eigenvalue weighted by Gasteiger charge is -2.10. The van der Waals surface area contributed by atoms with Gasteiger partial charge in [-0.25, -0.2) is 4.84 Å². The van der Waals surface area contributed by atoms with Gasteiger partial charge in [-0.05, 0) is 19.1 Å². The van der Waals surface area contributed by atoms with Gasteiger partial charge in [0.1, 0.15) is 0 Å². The molecule has 1 aromatic heterocycles. The van der Waals surface area contributed by atoms with E-state index in [2.05, 4.69) is 4.84 Å². The van der Waals surface area contributed by atoms with Crippen LogP contribution in [-0.2, 0) is 4.84 Å². The van der Waals surface area contributed by atoms with Gasteiger partial charge in [-0.15, -0.1) is 0 Å². The van der Waals surface area contributed by atoms with Crippen LogP contribution in [0.5, 0.6) is 0 Å². The molecular weight excluding hydrogens is 162 g/mol. The Kier molecular flexibility index (Phi) is 2.84. The highest BCUT2D eigenvalue weighted by Gasteiger charge is 2.16. The maximum atomic E-state index is 11.1. The quantitative estimate of drug-likeness (QED) is 0.545. The van der Waals surface area contributed by atoms with E-state index in [0.29, 0.717) is 0 Å². The minimum Gasteiger partial charge on any atom is -0.459 e. The van der Waals surface area contributed by atoms with Gasteiger partial charge < -0.3 is 4.42 Å². The lowest BCUT2D eigenvalue weighted by Crippen LogP contribution is -2.27. The first-order chi connectivity index (χ1) is 5.75. The van der Waals surface area contributed by atoms with Crippen LogP contribution in [0.2, 0.25) is 0 Å². The fourth-order valence-corrected chi connectivity index (χ4v) is 0.675. The lowest BCUT2D eigenvalue weighted by atomic mass is 10.4. The molecule has 0 bridgehead atoms. The van der Waals surface area contributed by atoms with Crippen LogP contribution in [0.25, 0.3) is 0 Å². The second-order valence-electron chi connectivity index (χ2n) is 1.97. The molecule has 5 nitrogen and oxygen atoms in total. The first-order valence-corrected chi connectivity index (χ1v) is 3.45. The molecule has 1 amide bonds. The van der Waals surface area contributed by atoms with Crippen LogP contribution < -0.4 is 0 Å². The van der Waals surface area contributed by atoms with Crippen molar-refractivity contribution in [3.8, 4) is 0 Å². The van der Waals surface area contributed by atoms with Crippen molar-refractivity contribution in [3.63, 3.8) is 0 Å². The van der Waals surface area contributed by atoms with Crippen molar-refractivity contribution < 1.29 is 19.3 Å². The summed E-state index contributed by atoms with van der Waals surface area (Å²) in [7, 11) is 0. The molecule has 0 saturated carbocycles. The second kappa shape index (κ2) is 3.89. The van der Waals surface area contributed by atoms with Crippen molar-refractivity contribution in [3.05, 3.63) is 24.2 Å². The zero-order valence-corrected chi connectivity index (χ0v) is 6.56. The standard InChI is InChI=1S/C7H9NO4/c1-2-12-8(10)7(9)6-4-3-5-11-6/h3-5,10H,2H2,1H3. The van der Waals surface area contributed by atoms with E-state index < -0.39 is 5.91 Å². The zero-order chi connectivity index (χ0) is 8.97. The minimum absolute atomic E-state index is 0.0333. The van der Waals surface area contributed by atoms with Gasteiger partial charge in [0.2, 0.25) is 0 Å². The lowest BCUT2D eigenvalue weighted by molar-refractivity contribution is -0.295. The highest BCUT2D eigenvalue weighted by molar-refractivity contribution is 5.89. The summed E-state index contributed by atoms with van der Waals surface area (Å²) in [5.41, 5.74) is 0. The molecule has 66 valence electrons. The predicted molar refractivity (Wildman–Crippen MR) is 38.3 cm³/mol. The summed E-state index contributed by atoms with van der Waals surface area (Å²) < 4.78 is 4.73.